The first kappa shape index (κ1) is 30.9. The quantitative estimate of drug-likeness (QED) is 0.306. The third-order valence-corrected chi connectivity index (χ3v) is 7.59. The maximum absolute atomic E-state index is 12.6. The van der Waals surface area contributed by atoms with Gasteiger partial charge in [-0.15, -0.1) is 0 Å². The van der Waals surface area contributed by atoms with Crippen LogP contribution in [0.5, 0.6) is 0 Å². The van der Waals surface area contributed by atoms with Crippen molar-refractivity contribution in [2.24, 2.45) is 0 Å². The fourth-order valence-corrected chi connectivity index (χ4v) is 5.45. The highest BCUT2D eigenvalue weighted by atomic mass is 16.9. The lowest BCUT2D eigenvalue weighted by Gasteiger charge is -2.49. The molecule has 0 radical (unpaired) electrons. The molecule has 14 heteroatoms. The number of aryl methyl sites for hydroxylation is 1. The van der Waals surface area contributed by atoms with Crippen molar-refractivity contribution in [1.82, 2.24) is 0 Å². The summed E-state index contributed by atoms with van der Waals surface area (Å²) in [6, 6.07) is 13.9. The second kappa shape index (κ2) is 13.0. The molecule has 2 fully saturated rings. The van der Waals surface area contributed by atoms with E-state index >= 15 is 0 Å². The first-order valence-corrected chi connectivity index (χ1v) is 13.8. The zero-order chi connectivity index (χ0) is 31.4. The summed E-state index contributed by atoms with van der Waals surface area (Å²) in [7, 11) is 3.24. The molecule has 0 bridgehead atoms. The molecule has 0 aromatic heterocycles. The average molecular weight is 617 g/mol. The molecule has 14 nitrogen and oxygen atoms in total. The Bertz CT molecular complexity index is 1380. The van der Waals surface area contributed by atoms with Gasteiger partial charge in [0.1, 0.15) is 6.10 Å². The predicted octanol–water partition coefficient (Wildman–Crippen LogP) is 4.26. The van der Waals surface area contributed by atoms with Crippen molar-refractivity contribution in [2.45, 2.75) is 69.3 Å². The topological polar surface area (TPSA) is 161 Å². The van der Waals surface area contributed by atoms with Crippen molar-refractivity contribution in [2.75, 3.05) is 21.3 Å². The van der Waals surface area contributed by atoms with Gasteiger partial charge in [-0.2, -0.15) is 0 Å². The van der Waals surface area contributed by atoms with Crippen molar-refractivity contribution in [3.8, 4) is 0 Å². The third-order valence-electron chi connectivity index (χ3n) is 7.59. The highest BCUT2D eigenvalue weighted by Crippen LogP contribution is 2.50. The van der Waals surface area contributed by atoms with Gasteiger partial charge in [-0.25, -0.2) is 19.2 Å². The Balaban J connectivity index is 1.59. The molecule has 2 aromatic carbocycles. The van der Waals surface area contributed by atoms with Crippen molar-refractivity contribution in [1.29, 1.82) is 0 Å². The van der Waals surface area contributed by atoms with E-state index in [2.05, 4.69) is 23.8 Å². The van der Waals surface area contributed by atoms with Gasteiger partial charge < -0.3 is 47.4 Å². The van der Waals surface area contributed by atoms with E-state index in [1.807, 2.05) is 30.3 Å². The first-order valence-electron chi connectivity index (χ1n) is 13.8. The summed E-state index contributed by atoms with van der Waals surface area (Å²) in [6.07, 6.45) is -10.1. The Labute approximate surface area is 252 Å². The largest absolute Gasteiger partial charge is 0.514 e. The Morgan fingerprint density at radius 2 is 1.41 bits per heavy atom. The van der Waals surface area contributed by atoms with Gasteiger partial charge in [0, 0.05) is 5.56 Å². The standard InChI is InChI=1S/C30H32O14/c1-5-16-6-8-17(9-7-16)12-18-10-11-19-15-38-30(20(19)13-18)25(43-28(33)37-4)24(42-27(32)36-3)23(41-26(31)35-2)21(44-30)14-22-39-29(34)40-22/h6-11,13,21-25H,5,12,14-15H2,1-4H3/t21-,23-,24+,25-,30+/m1/s1. The van der Waals surface area contributed by atoms with E-state index < -0.39 is 61.1 Å². The van der Waals surface area contributed by atoms with Crippen LogP contribution >= 0.6 is 0 Å². The molecule has 3 heterocycles. The molecule has 1 spiro atoms. The molecular formula is C30H32O14. The van der Waals surface area contributed by atoms with Crippen molar-refractivity contribution in [3.63, 3.8) is 0 Å². The smallest absolute Gasteiger partial charge is 0.438 e. The van der Waals surface area contributed by atoms with Crippen LogP contribution in [0, 0.1) is 0 Å². The minimum absolute atomic E-state index is 0.0247. The fourth-order valence-electron chi connectivity index (χ4n) is 5.45. The summed E-state index contributed by atoms with van der Waals surface area (Å²) < 4.78 is 53.6. The fraction of sp³-hybridized carbons (Fsp3) is 0.467. The number of methoxy groups -OCH3 is 3. The lowest BCUT2D eigenvalue weighted by atomic mass is 9.85. The normalized spacial score (nSPS) is 25.5. The molecular weight excluding hydrogens is 584 g/mol. The Morgan fingerprint density at radius 3 is 2.02 bits per heavy atom. The molecule has 5 atom stereocenters. The Hall–Kier alpha value is -4.56. The summed E-state index contributed by atoms with van der Waals surface area (Å²) in [5, 5.41) is 0. The van der Waals surface area contributed by atoms with Crippen LogP contribution in [0.4, 0.5) is 19.2 Å². The van der Waals surface area contributed by atoms with Gasteiger partial charge in [-0.1, -0.05) is 43.3 Å². The summed E-state index contributed by atoms with van der Waals surface area (Å²) in [5.41, 5.74) is 4.32. The second-order valence-corrected chi connectivity index (χ2v) is 10.2. The van der Waals surface area contributed by atoms with E-state index in [9.17, 15) is 19.2 Å². The highest BCUT2D eigenvalue weighted by Gasteiger charge is 2.65. The van der Waals surface area contributed by atoms with Gasteiger partial charge in [-0.05, 0) is 41.2 Å². The minimum Gasteiger partial charge on any atom is -0.438 e. The maximum atomic E-state index is 12.6. The number of ether oxygens (including phenoxy) is 10. The van der Waals surface area contributed by atoms with E-state index in [0.717, 1.165) is 38.9 Å². The molecule has 0 N–H and O–H groups in total. The number of cyclic esters (lactones) is 2. The SMILES string of the molecule is CCc1ccc(Cc2ccc3c(c2)[C@]2(OC3)O[C@H](CC3OC(=O)O3)[C@@H](OC(=O)OC)[C@H](OC(=O)OC)[C@H]2OC(=O)OC)cc1. The number of fused-ring (bicyclic) bond motifs is 2. The van der Waals surface area contributed by atoms with Gasteiger partial charge in [0.15, 0.2) is 12.2 Å². The van der Waals surface area contributed by atoms with Crippen LogP contribution in [-0.4, -0.2) is 76.7 Å². The predicted molar refractivity (Wildman–Crippen MR) is 144 cm³/mol. The minimum atomic E-state index is -1.90. The van der Waals surface area contributed by atoms with E-state index in [-0.39, 0.29) is 13.0 Å². The van der Waals surface area contributed by atoms with Crippen LogP contribution in [0.25, 0.3) is 0 Å². The van der Waals surface area contributed by atoms with Crippen LogP contribution in [0.3, 0.4) is 0 Å². The molecule has 0 amide bonds. The lowest BCUT2D eigenvalue weighted by molar-refractivity contribution is -0.372. The zero-order valence-electron chi connectivity index (χ0n) is 24.5. The lowest BCUT2D eigenvalue weighted by Crippen LogP contribution is -2.66. The van der Waals surface area contributed by atoms with Gasteiger partial charge >= 0.3 is 24.6 Å². The highest BCUT2D eigenvalue weighted by molar-refractivity contribution is 5.64. The Morgan fingerprint density at radius 1 is 0.818 bits per heavy atom. The van der Waals surface area contributed by atoms with Crippen LogP contribution in [0.1, 0.15) is 41.2 Å². The molecule has 0 aliphatic carbocycles. The van der Waals surface area contributed by atoms with Gasteiger partial charge in [0.2, 0.25) is 11.9 Å². The maximum Gasteiger partial charge on any atom is 0.514 e. The monoisotopic (exact) mass is 616 g/mol. The second-order valence-electron chi connectivity index (χ2n) is 10.2. The zero-order valence-corrected chi connectivity index (χ0v) is 24.5. The summed E-state index contributed by atoms with van der Waals surface area (Å²) >= 11 is 0. The van der Waals surface area contributed by atoms with Crippen molar-refractivity contribution in [3.05, 3.63) is 70.3 Å². The van der Waals surface area contributed by atoms with Crippen molar-refractivity contribution >= 4 is 24.6 Å². The van der Waals surface area contributed by atoms with Crippen LogP contribution in [0.15, 0.2) is 42.5 Å². The number of hydrogen-bond acceptors (Lipinski definition) is 14. The number of benzene rings is 2. The molecule has 44 heavy (non-hydrogen) atoms. The van der Waals surface area contributed by atoms with E-state index in [4.69, 9.17) is 42.6 Å². The Kier molecular flexibility index (Phi) is 9.11. The molecule has 3 aliphatic heterocycles. The molecule has 0 unspecified atom stereocenters. The van der Waals surface area contributed by atoms with Gasteiger partial charge in [0.05, 0.1) is 34.4 Å². The average Bonchev–Trinajstić information content (AvgIpc) is 3.37. The summed E-state index contributed by atoms with van der Waals surface area (Å²) in [4.78, 5) is 48.8. The van der Waals surface area contributed by atoms with E-state index in [0.29, 0.717) is 17.5 Å². The number of carbonyl (C=O) groups excluding carboxylic acids is 4. The molecule has 0 saturated carbocycles. The number of rotatable bonds is 8. The number of carbonyl (C=O) groups is 4. The summed E-state index contributed by atoms with van der Waals surface area (Å²) in [5.74, 6) is -1.90. The van der Waals surface area contributed by atoms with Crippen LogP contribution in [-0.2, 0) is 72.6 Å². The molecule has 5 rings (SSSR count). The van der Waals surface area contributed by atoms with Crippen molar-refractivity contribution < 1.29 is 66.5 Å². The van der Waals surface area contributed by atoms with Gasteiger partial charge in [-0.3, -0.25) is 0 Å². The molecule has 3 aliphatic rings. The van der Waals surface area contributed by atoms with Crippen LogP contribution in [0.2, 0.25) is 0 Å². The van der Waals surface area contributed by atoms with E-state index in [1.54, 1.807) is 0 Å². The molecule has 2 aromatic rings. The molecule has 236 valence electrons. The van der Waals surface area contributed by atoms with E-state index in [1.165, 1.54) is 5.56 Å². The first-order chi connectivity index (χ1) is 21.2. The third kappa shape index (κ3) is 6.21. The molecule has 2 saturated heterocycles. The summed E-state index contributed by atoms with van der Waals surface area (Å²) in [6.45, 7) is 2.11. The van der Waals surface area contributed by atoms with Gasteiger partial charge in [0.25, 0.3) is 6.29 Å². The number of hydrogen-bond donors (Lipinski definition) is 0. The van der Waals surface area contributed by atoms with Crippen LogP contribution < -0.4 is 0 Å².